The van der Waals surface area contributed by atoms with Gasteiger partial charge in [-0.15, -0.1) is 0 Å². The largest absolute Gasteiger partial charge is 0.423 e. The molecule has 152 valence electrons. The molecule has 0 unspecified atom stereocenters. The molecule has 0 atom stereocenters. The highest BCUT2D eigenvalue weighted by molar-refractivity contribution is 9.08. The molecule has 4 rings (SSSR count). The van der Waals surface area contributed by atoms with E-state index in [0.29, 0.717) is 11.1 Å². The zero-order valence-corrected chi connectivity index (χ0v) is 17.7. The van der Waals surface area contributed by atoms with E-state index in [1.54, 1.807) is 36.4 Å². The maximum Gasteiger partial charge on any atom is 0.423 e. The van der Waals surface area contributed by atoms with E-state index in [-0.39, 0.29) is 17.6 Å². The van der Waals surface area contributed by atoms with Crippen LogP contribution in [0.1, 0.15) is 22.3 Å². The third-order valence-electron chi connectivity index (χ3n) is 4.32. The van der Waals surface area contributed by atoms with E-state index < -0.39 is 11.4 Å². The Labute approximate surface area is 185 Å². The van der Waals surface area contributed by atoms with Gasteiger partial charge in [0.05, 0.1) is 29.8 Å². The van der Waals surface area contributed by atoms with Gasteiger partial charge in [-0.2, -0.15) is 10.5 Å². The predicted octanol–water partition coefficient (Wildman–Crippen LogP) is 3.72. The van der Waals surface area contributed by atoms with Crippen LogP contribution in [-0.2, 0) is 11.9 Å². The van der Waals surface area contributed by atoms with Crippen molar-refractivity contribution in [3.05, 3.63) is 110 Å². The molecule has 8 heteroatoms. The first-order chi connectivity index (χ1) is 15.0. The van der Waals surface area contributed by atoms with Gasteiger partial charge in [0.25, 0.3) is 0 Å². The second kappa shape index (κ2) is 10.1. The third kappa shape index (κ3) is 5.33. The lowest BCUT2D eigenvalue weighted by Crippen LogP contribution is -2.26. The Hall–Kier alpha value is -4.01. The molecule has 4 aromatic rings. The van der Waals surface area contributed by atoms with E-state index in [1.165, 1.54) is 16.3 Å². The van der Waals surface area contributed by atoms with Crippen LogP contribution in [0.4, 0.5) is 0 Å². The van der Waals surface area contributed by atoms with E-state index in [1.807, 2.05) is 30.3 Å². The van der Waals surface area contributed by atoms with E-state index in [9.17, 15) is 9.59 Å². The second-order valence-corrected chi connectivity index (χ2v) is 6.93. The molecule has 7 nitrogen and oxygen atoms in total. The zero-order chi connectivity index (χ0) is 22.2. The summed E-state index contributed by atoms with van der Waals surface area (Å²) in [7, 11) is 0. The van der Waals surface area contributed by atoms with Crippen LogP contribution in [0.15, 0.2) is 80.9 Å². The first-order valence-electron chi connectivity index (χ1n) is 9.08. The molecule has 31 heavy (non-hydrogen) atoms. The van der Waals surface area contributed by atoms with Gasteiger partial charge >= 0.3 is 11.4 Å². The highest BCUT2D eigenvalue weighted by Gasteiger charge is 2.10. The Balaban J connectivity index is 0.000000229. The van der Waals surface area contributed by atoms with Crippen LogP contribution in [-0.4, -0.2) is 9.55 Å². The van der Waals surface area contributed by atoms with Crippen LogP contribution in [0.2, 0.25) is 0 Å². The molecular formula is C23H15BrN4O3. The fraction of sp³-hybridized carbons (Fsp3) is 0.0870. The molecule has 0 bridgehead atoms. The quantitative estimate of drug-likeness (QED) is 0.418. The number of alkyl halides is 1. The third-order valence-corrected chi connectivity index (χ3v) is 4.97. The minimum Gasteiger partial charge on any atom is -0.372 e. The molecule has 2 aromatic heterocycles. The lowest BCUT2D eigenvalue weighted by atomic mass is 10.1. The number of halogens is 1. The van der Waals surface area contributed by atoms with Gasteiger partial charge in [0.1, 0.15) is 5.39 Å². The fourth-order valence-corrected chi connectivity index (χ4v) is 3.10. The first-order valence-corrected chi connectivity index (χ1v) is 10.2. The van der Waals surface area contributed by atoms with Crippen molar-refractivity contribution < 1.29 is 4.42 Å². The van der Waals surface area contributed by atoms with Gasteiger partial charge in [-0.25, -0.2) is 14.6 Å². The summed E-state index contributed by atoms with van der Waals surface area (Å²) >= 11 is 3.32. The Kier molecular flexibility index (Phi) is 7.10. The normalized spacial score (nSPS) is 9.90. The SMILES string of the molecule is N#Cc1ccc(CBr)cc1.N#Cc1ccc(Cn2c(=O)oc(=O)c3cccnc32)cc1. The van der Waals surface area contributed by atoms with E-state index in [2.05, 4.69) is 27.0 Å². The molecule has 0 spiro atoms. The van der Waals surface area contributed by atoms with Crippen LogP contribution in [0.3, 0.4) is 0 Å². The molecule has 2 heterocycles. The van der Waals surface area contributed by atoms with Gasteiger partial charge in [-0.3, -0.25) is 4.57 Å². The molecule has 0 aliphatic heterocycles. The topological polar surface area (TPSA) is 113 Å². The molecular weight excluding hydrogens is 460 g/mol. The van der Waals surface area contributed by atoms with E-state index >= 15 is 0 Å². The van der Waals surface area contributed by atoms with Gasteiger partial charge in [0, 0.05) is 11.5 Å². The number of aromatic nitrogens is 2. The van der Waals surface area contributed by atoms with Crippen molar-refractivity contribution in [2.45, 2.75) is 11.9 Å². The molecule has 0 aliphatic rings. The Morgan fingerprint density at radius 2 is 1.48 bits per heavy atom. The van der Waals surface area contributed by atoms with Gasteiger partial charge in [0.2, 0.25) is 0 Å². The molecule has 0 saturated carbocycles. The standard InChI is InChI=1S/C15H9N3O3.C8H6BrN/c16-8-10-3-5-11(6-4-10)9-18-13-12(2-1-7-17-13)14(19)21-15(18)20;9-5-7-1-3-8(6-10)4-2-7/h1-7H,9H2;1-4H,5H2. The number of hydrogen-bond acceptors (Lipinski definition) is 6. The average Bonchev–Trinajstić information content (AvgIpc) is 2.82. The summed E-state index contributed by atoms with van der Waals surface area (Å²) in [6.07, 6.45) is 1.51. The lowest BCUT2D eigenvalue weighted by Gasteiger charge is -2.07. The van der Waals surface area contributed by atoms with Gasteiger partial charge in [-0.1, -0.05) is 40.2 Å². The molecule has 2 aromatic carbocycles. The van der Waals surface area contributed by atoms with Crippen molar-refractivity contribution in [1.29, 1.82) is 10.5 Å². The van der Waals surface area contributed by atoms with Crippen molar-refractivity contribution in [2.75, 3.05) is 0 Å². The van der Waals surface area contributed by atoms with Crippen LogP contribution in [0.25, 0.3) is 11.0 Å². The summed E-state index contributed by atoms with van der Waals surface area (Å²) in [5, 5.41) is 18.3. The highest BCUT2D eigenvalue weighted by atomic mass is 79.9. The maximum atomic E-state index is 11.9. The number of hydrogen-bond donors (Lipinski definition) is 0. The molecule has 0 saturated heterocycles. The number of pyridine rings is 1. The monoisotopic (exact) mass is 474 g/mol. The highest BCUT2D eigenvalue weighted by Crippen LogP contribution is 2.09. The summed E-state index contributed by atoms with van der Waals surface area (Å²) in [5.74, 6) is -0.754. The van der Waals surface area contributed by atoms with Crippen LogP contribution in [0.5, 0.6) is 0 Å². The van der Waals surface area contributed by atoms with Crippen LogP contribution in [0, 0.1) is 22.7 Å². The lowest BCUT2D eigenvalue weighted by molar-refractivity contribution is 0.423. The number of benzene rings is 2. The van der Waals surface area contributed by atoms with Gasteiger partial charge < -0.3 is 4.42 Å². The number of fused-ring (bicyclic) bond motifs is 1. The minimum atomic E-state index is -0.754. The summed E-state index contributed by atoms with van der Waals surface area (Å²) in [6.45, 7) is 0.210. The van der Waals surface area contributed by atoms with E-state index in [4.69, 9.17) is 14.9 Å². The summed E-state index contributed by atoms with van der Waals surface area (Å²) < 4.78 is 5.99. The Bertz CT molecular complexity index is 1390. The number of rotatable bonds is 3. The average molecular weight is 475 g/mol. The molecule has 0 amide bonds. The molecule has 0 fully saturated rings. The molecule has 0 N–H and O–H groups in total. The van der Waals surface area contributed by atoms with Gasteiger partial charge in [-0.05, 0) is 47.5 Å². The smallest absolute Gasteiger partial charge is 0.372 e. The first kappa shape index (κ1) is 21.7. The van der Waals surface area contributed by atoms with Crippen molar-refractivity contribution >= 4 is 27.0 Å². The minimum absolute atomic E-state index is 0.210. The number of nitriles is 2. The number of nitrogens with zero attached hydrogens (tertiary/aromatic N) is 4. The van der Waals surface area contributed by atoms with Gasteiger partial charge in [0.15, 0.2) is 5.65 Å². The summed E-state index contributed by atoms with van der Waals surface area (Å²) in [6, 6.07) is 21.6. The Morgan fingerprint density at radius 1 is 0.903 bits per heavy atom. The fourth-order valence-electron chi connectivity index (χ4n) is 2.72. The van der Waals surface area contributed by atoms with Crippen molar-refractivity contribution in [1.82, 2.24) is 9.55 Å². The van der Waals surface area contributed by atoms with Crippen LogP contribution < -0.4 is 11.4 Å². The summed E-state index contributed by atoms with van der Waals surface area (Å²) in [4.78, 5) is 27.6. The zero-order valence-electron chi connectivity index (χ0n) is 16.2. The van der Waals surface area contributed by atoms with Crippen molar-refractivity contribution in [2.24, 2.45) is 0 Å². The second-order valence-electron chi connectivity index (χ2n) is 6.37. The van der Waals surface area contributed by atoms with Crippen molar-refractivity contribution in [3.63, 3.8) is 0 Å². The predicted molar refractivity (Wildman–Crippen MR) is 119 cm³/mol. The molecule has 0 radical (unpaired) electrons. The van der Waals surface area contributed by atoms with E-state index in [0.717, 1.165) is 10.9 Å². The Morgan fingerprint density at radius 3 is 2.03 bits per heavy atom. The van der Waals surface area contributed by atoms with Crippen molar-refractivity contribution in [3.8, 4) is 12.1 Å². The van der Waals surface area contributed by atoms with Crippen LogP contribution >= 0.6 is 15.9 Å². The molecule has 0 aliphatic carbocycles. The summed E-state index contributed by atoms with van der Waals surface area (Å²) in [5.41, 5.74) is 2.83. The maximum absolute atomic E-state index is 11.9.